The molecular formula is C22H17N3O4. The van der Waals surface area contributed by atoms with Gasteiger partial charge in [-0.1, -0.05) is 47.6 Å². The van der Waals surface area contributed by atoms with Gasteiger partial charge < -0.3 is 9.40 Å². The first-order valence-corrected chi connectivity index (χ1v) is 9.03. The van der Waals surface area contributed by atoms with E-state index in [1.54, 1.807) is 30.3 Å². The lowest BCUT2D eigenvalue weighted by molar-refractivity contribution is -0.253. The van der Waals surface area contributed by atoms with Crippen LogP contribution in [0.4, 0.5) is 0 Å². The minimum Gasteiger partial charge on any atom is -0.346 e. The first kappa shape index (κ1) is 18.6. The molecular weight excluding hydrogens is 370 g/mol. The van der Waals surface area contributed by atoms with Crippen LogP contribution in [0.1, 0.15) is 23.1 Å². The summed E-state index contributed by atoms with van der Waals surface area (Å²) in [5, 5.41) is 22.4. The zero-order valence-corrected chi connectivity index (χ0v) is 15.4. The monoisotopic (exact) mass is 387 g/mol. The molecule has 4 rings (SSSR count). The van der Waals surface area contributed by atoms with E-state index in [-0.39, 0.29) is 6.61 Å². The highest BCUT2D eigenvalue weighted by molar-refractivity contribution is 6.31. The van der Waals surface area contributed by atoms with Gasteiger partial charge in [0.15, 0.2) is 0 Å². The molecule has 1 aromatic heterocycles. The fraction of sp³-hybridized carbons (Fsp3) is 0.136. The number of carbonyl (C=O) groups excluding carboxylic acids is 1. The van der Waals surface area contributed by atoms with Crippen LogP contribution < -0.4 is 0 Å². The molecule has 29 heavy (non-hydrogen) atoms. The average Bonchev–Trinajstić information content (AvgIpc) is 3.28. The lowest BCUT2D eigenvalue weighted by Gasteiger charge is -2.02. The number of hydrogen-bond acceptors (Lipinski definition) is 6. The molecule has 0 bridgehead atoms. The Morgan fingerprint density at radius 2 is 2.00 bits per heavy atom. The zero-order valence-electron chi connectivity index (χ0n) is 15.4. The molecule has 0 aliphatic carbocycles. The number of nitrogens with zero attached hydrogens (tertiary/aromatic N) is 3. The number of carbonyl (C=O) groups is 1. The molecule has 7 nitrogen and oxygen atoms in total. The van der Waals surface area contributed by atoms with Crippen molar-refractivity contribution in [2.45, 2.75) is 19.6 Å². The van der Waals surface area contributed by atoms with Crippen molar-refractivity contribution in [3.63, 3.8) is 0 Å². The van der Waals surface area contributed by atoms with Gasteiger partial charge in [-0.25, -0.2) is 9.68 Å². The molecule has 0 saturated carbocycles. The van der Waals surface area contributed by atoms with Gasteiger partial charge in [-0.05, 0) is 17.7 Å². The van der Waals surface area contributed by atoms with Crippen molar-refractivity contribution < 1.29 is 19.8 Å². The largest absolute Gasteiger partial charge is 0.368 e. The van der Waals surface area contributed by atoms with Crippen molar-refractivity contribution in [1.82, 2.24) is 4.57 Å². The van der Waals surface area contributed by atoms with Crippen LogP contribution in [0, 0.1) is 11.3 Å². The topological polar surface area (TPSA) is 96.8 Å². The molecule has 1 aliphatic rings. The van der Waals surface area contributed by atoms with E-state index in [9.17, 15) is 4.79 Å². The summed E-state index contributed by atoms with van der Waals surface area (Å²) < 4.78 is 2.01. The van der Waals surface area contributed by atoms with Crippen molar-refractivity contribution in [1.29, 1.82) is 5.26 Å². The number of benzene rings is 2. The van der Waals surface area contributed by atoms with Crippen LogP contribution in [-0.2, 0) is 27.7 Å². The number of para-hydroxylation sites is 1. The number of aromatic nitrogens is 1. The number of hydrogen-bond donors (Lipinski definition) is 1. The summed E-state index contributed by atoms with van der Waals surface area (Å²) >= 11 is 0. The lowest BCUT2D eigenvalue weighted by Crippen LogP contribution is -2.07. The Labute approximate surface area is 166 Å². The molecule has 7 heteroatoms. The summed E-state index contributed by atoms with van der Waals surface area (Å²) in [6, 6.07) is 17.1. The van der Waals surface area contributed by atoms with Crippen LogP contribution in [0.15, 0.2) is 65.5 Å². The molecule has 0 spiro atoms. The predicted molar refractivity (Wildman–Crippen MR) is 107 cm³/mol. The first-order valence-electron chi connectivity index (χ1n) is 9.03. The highest BCUT2D eigenvalue weighted by atomic mass is 17.1. The van der Waals surface area contributed by atoms with E-state index < -0.39 is 5.97 Å². The van der Waals surface area contributed by atoms with E-state index in [0.29, 0.717) is 24.3 Å². The van der Waals surface area contributed by atoms with Crippen LogP contribution >= 0.6 is 0 Å². The Bertz CT molecular complexity index is 1170. The van der Waals surface area contributed by atoms with Crippen molar-refractivity contribution >= 4 is 28.7 Å². The quantitative estimate of drug-likeness (QED) is 0.300. The molecule has 3 aromatic rings. The smallest absolute Gasteiger partial charge is 0.346 e. The van der Waals surface area contributed by atoms with Gasteiger partial charge in [-0.15, -0.1) is 0 Å². The Kier molecular flexibility index (Phi) is 5.20. The van der Waals surface area contributed by atoms with Gasteiger partial charge in [0.25, 0.3) is 0 Å². The molecule has 144 valence electrons. The van der Waals surface area contributed by atoms with Crippen molar-refractivity contribution in [3.8, 4) is 6.07 Å². The van der Waals surface area contributed by atoms with Gasteiger partial charge in [0.05, 0.1) is 18.1 Å². The number of aryl methyl sites for hydroxylation is 1. The maximum Gasteiger partial charge on any atom is 0.368 e. The van der Waals surface area contributed by atoms with Crippen molar-refractivity contribution in [2.24, 2.45) is 5.16 Å². The Morgan fingerprint density at radius 1 is 1.21 bits per heavy atom. The van der Waals surface area contributed by atoms with E-state index in [0.717, 1.165) is 27.6 Å². The average molecular weight is 387 g/mol. The van der Waals surface area contributed by atoms with Crippen molar-refractivity contribution in [2.75, 3.05) is 0 Å². The highest BCUT2D eigenvalue weighted by Gasteiger charge is 2.27. The number of rotatable bonds is 6. The minimum absolute atomic E-state index is 0.0765. The van der Waals surface area contributed by atoms with Crippen LogP contribution in [0.25, 0.3) is 17.0 Å². The minimum atomic E-state index is -0.517. The van der Waals surface area contributed by atoms with Crippen LogP contribution in [0.2, 0.25) is 0 Å². The Morgan fingerprint density at radius 3 is 2.76 bits per heavy atom. The molecule has 0 fully saturated rings. The van der Waals surface area contributed by atoms with Gasteiger partial charge >= 0.3 is 5.97 Å². The van der Waals surface area contributed by atoms with E-state index in [1.807, 2.05) is 35.0 Å². The third-order valence-corrected chi connectivity index (χ3v) is 4.74. The zero-order chi connectivity index (χ0) is 20.2. The Balaban J connectivity index is 1.74. The summed E-state index contributed by atoms with van der Waals surface area (Å²) in [6.45, 7) is 0.646. The van der Waals surface area contributed by atoms with Crippen molar-refractivity contribution in [3.05, 3.63) is 77.0 Å². The highest BCUT2D eigenvalue weighted by Crippen LogP contribution is 2.27. The third-order valence-electron chi connectivity index (χ3n) is 4.74. The molecule has 2 heterocycles. The molecule has 0 amide bonds. The fourth-order valence-corrected chi connectivity index (χ4v) is 3.35. The van der Waals surface area contributed by atoms with Gasteiger partial charge in [-0.3, -0.25) is 5.26 Å². The molecule has 0 saturated heterocycles. The molecule has 1 N–H and O–H groups in total. The van der Waals surface area contributed by atoms with Gasteiger partial charge in [0.1, 0.15) is 12.3 Å². The van der Waals surface area contributed by atoms with Gasteiger partial charge in [0, 0.05) is 34.8 Å². The summed E-state index contributed by atoms with van der Waals surface area (Å²) in [5.41, 5.74) is 4.16. The molecule has 1 aliphatic heterocycles. The fourth-order valence-electron chi connectivity index (χ4n) is 3.35. The van der Waals surface area contributed by atoms with E-state index in [1.165, 1.54) is 0 Å². The van der Waals surface area contributed by atoms with Gasteiger partial charge in [0.2, 0.25) is 0 Å². The summed E-state index contributed by atoms with van der Waals surface area (Å²) in [7, 11) is 0. The normalized spacial score (nSPS) is 14.8. The van der Waals surface area contributed by atoms with Gasteiger partial charge in [-0.2, -0.15) is 5.26 Å². The maximum atomic E-state index is 12.3. The maximum absolute atomic E-state index is 12.3. The van der Waals surface area contributed by atoms with Crippen LogP contribution in [0.3, 0.4) is 0 Å². The summed E-state index contributed by atoms with van der Waals surface area (Å²) in [4.78, 5) is 21.4. The van der Waals surface area contributed by atoms with E-state index >= 15 is 0 Å². The molecule has 0 radical (unpaired) electrons. The number of nitriles is 1. The van der Waals surface area contributed by atoms with Crippen LogP contribution in [0.5, 0.6) is 0 Å². The third kappa shape index (κ3) is 3.67. The standard InChI is InChI=1S/C22H17N3O4/c23-10-3-11-25-13-17(18-4-1-2-5-20(18)25)12-19-21(24-29-22(19)26)16-8-6-15(7-9-16)14-28-27/h1-2,4-9,12-13,27H,3,11,14H2. The lowest BCUT2D eigenvalue weighted by atomic mass is 9.99. The number of fused-ring (bicyclic) bond motifs is 1. The second kappa shape index (κ2) is 8.10. The van der Waals surface area contributed by atoms with Crippen LogP contribution in [-0.4, -0.2) is 21.5 Å². The Hall–Kier alpha value is -3.73. The SMILES string of the molecule is N#CCCn1cc(C=C2C(=O)ON=C2c2ccc(COO)cc2)c2ccccc21. The number of oxime groups is 1. The molecule has 0 atom stereocenters. The van der Waals surface area contributed by atoms with E-state index in [2.05, 4.69) is 16.1 Å². The first-order chi connectivity index (χ1) is 14.2. The van der Waals surface area contributed by atoms with E-state index in [4.69, 9.17) is 15.4 Å². The summed E-state index contributed by atoms with van der Waals surface area (Å²) in [5.74, 6) is -0.517. The second-order valence-corrected chi connectivity index (χ2v) is 6.55. The molecule has 0 unspecified atom stereocenters. The second-order valence-electron chi connectivity index (χ2n) is 6.55. The molecule has 2 aromatic carbocycles. The predicted octanol–water partition coefficient (Wildman–Crippen LogP) is 3.89. The summed E-state index contributed by atoms with van der Waals surface area (Å²) in [6.07, 6.45) is 4.09.